The van der Waals surface area contributed by atoms with E-state index in [0.29, 0.717) is 17.0 Å². The van der Waals surface area contributed by atoms with E-state index < -0.39 is 23.8 Å². The first-order valence-corrected chi connectivity index (χ1v) is 10.1. The molecule has 0 bridgehead atoms. The molecule has 2 atom stereocenters. The van der Waals surface area contributed by atoms with Crippen molar-refractivity contribution in [2.45, 2.75) is 33.6 Å². The van der Waals surface area contributed by atoms with Crippen molar-refractivity contribution < 1.29 is 19.1 Å². The Labute approximate surface area is 174 Å². The van der Waals surface area contributed by atoms with Crippen molar-refractivity contribution in [3.63, 3.8) is 0 Å². The van der Waals surface area contributed by atoms with E-state index in [0.717, 1.165) is 26.7 Å². The van der Waals surface area contributed by atoms with Crippen molar-refractivity contribution in [2.75, 3.05) is 14.2 Å². The number of allylic oxidation sites excluding steroid dienone is 1. The average Bonchev–Trinajstić information content (AvgIpc) is 3.05. The molecule has 1 aromatic carbocycles. The summed E-state index contributed by atoms with van der Waals surface area (Å²) in [6, 6.07) is 7.78. The molecule has 1 aliphatic rings. The molecule has 0 saturated heterocycles. The van der Waals surface area contributed by atoms with Crippen LogP contribution in [0.25, 0.3) is 10.6 Å². The number of aryl methyl sites for hydroxylation is 2. The minimum Gasteiger partial charge on any atom is -0.468 e. The second kappa shape index (κ2) is 8.29. The number of nitrogens with zero attached hydrogens (tertiary/aromatic N) is 2. The zero-order valence-corrected chi connectivity index (χ0v) is 18.2. The van der Waals surface area contributed by atoms with E-state index >= 15 is 0 Å². The quantitative estimate of drug-likeness (QED) is 0.703. The number of thiazole rings is 1. The summed E-state index contributed by atoms with van der Waals surface area (Å²) in [5, 5.41) is 0.901. The van der Waals surface area contributed by atoms with Gasteiger partial charge in [0, 0.05) is 27.8 Å². The van der Waals surface area contributed by atoms with Crippen molar-refractivity contribution in [3.8, 4) is 10.6 Å². The van der Waals surface area contributed by atoms with Gasteiger partial charge in [-0.05, 0) is 39.3 Å². The molecule has 0 saturated carbocycles. The molecule has 0 aliphatic carbocycles. The Morgan fingerprint density at radius 1 is 1.07 bits per heavy atom. The van der Waals surface area contributed by atoms with Crippen molar-refractivity contribution >= 4 is 29.0 Å². The Hall–Kier alpha value is -2.80. The van der Waals surface area contributed by atoms with E-state index in [-0.39, 0.29) is 0 Å². The maximum Gasteiger partial charge on any atom is 0.336 e. The number of esters is 2. The highest BCUT2D eigenvalue weighted by Crippen LogP contribution is 2.41. The Morgan fingerprint density at radius 3 is 2.38 bits per heavy atom. The molecule has 152 valence electrons. The lowest BCUT2D eigenvalue weighted by Crippen LogP contribution is -2.36. The summed E-state index contributed by atoms with van der Waals surface area (Å²) in [6.07, 6.45) is 0. The average molecular weight is 413 g/mol. The number of hydrogen-bond acceptors (Lipinski definition) is 7. The minimum atomic E-state index is -0.701. The number of rotatable bonds is 4. The molecular weight excluding hydrogens is 388 g/mol. The largest absolute Gasteiger partial charge is 0.468 e. The molecule has 0 fully saturated rings. The van der Waals surface area contributed by atoms with Crippen LogP contribution in [0.2, 0.25) is 0 Å². The molecule has 7 heteroatoms. The van der Waals surface area contributed by atoms with Gasteiger partial charge in [0.1, 0.15) is 10.9 Å². The van der Waals surface area contributed by atoms with Crippen LogP contribution in [0.3, 0.4) is 0 Å². The van der Waals surface area contributed by atoms with Crippen LogP contribution in [0, 0.1) is 19.8 Å². The highest BCUT2D eigenvalue weighted by molar-refractivity contribution is 7.15. The second-order valence-electron chi connectivity index (χ2n) is 7.01. The summed E-state index contributed by atoms with van der Waals surface area (Å²) in [4.78, 5) is 35.5. The molecule has 0 amide bonds. The van der Waals surface area contributed by atoms with Crippen LogP contribution in [0.15, 0.2) is 40.5 Å². The van der Waals surface area contributed by atoms with Crippen LogP contribution in [0.5, 0.6) is 0 Å². The number of aliphatic imine (C=N–C) groups is 1. The van der Waals surface area contributed by atoms with Gasteiger partial charge in [0.15, 0.2) is 0 Å². The first kappa shape index (κ1) is 20.9. The van der Waals surface area contributed by atoms with Crippen LogP contribution in [-0.2, 0) is 19.1 Å². The normalized spacial score (nSPS) is 19.0. The van der Waals surface area contributed by atoms with E-state index in [9.17, 15) is 9.59 Å². The van der Waals surface area contributed by atoms with Crippen molar-refractivity contribution in [1.82, 2.24) is 4.98 Å². The van der Waals surface area contributed by atoms with Gasteiger partial charge in [-0.15, -0.1) is 11.3 Å². The molecule has 0 N–H and O–H groups in total. The van der Waals surface area contributed by atoms with Gasteiger partial charge in [0.25, 0.3) is 0 Å². The molecule has 6 nitrogen and oxygen atoms in total. The Morgan fingerprint density at radius 2 is 1.79 bits per heavy atom. The first-order valence-electron chi connectivity index (χ1n) is 9.25. The molecule has 2 unspecified atom stereocenters. The molecule has 1 aliphatic heterocycles. The third-order valence-corrected chi connectivity index (χ3v) is 6.33. The fourth-order valence-corrected chi connectivity index (χ4v) is 4.58. The predicted molar refractivity (Wildman–Crippen MR) is 113 cm³/mol. The maximum atomic E-state index is 12.6. The number of aromatic nitrogens is 1. The predicted octanol–water partition coefficient (Wildman–Crippen LogP) is 4.22. The standard InChI is InChI=1S/C22H24N2O4S/c1-11-14(4)29-20(24-11)16-9-7-8-15(10-16)19-17(21(25)27-5)12(2)23-13(3)18(19)22(26)28-6/h7-10,17,19H,1-6H3. The van der Waals surface area contributed by atoms with E-state index in [1.807, 2.05) is 38.1 Å². The van der Waals surface area contributed by atoms with Gasteiger partial charge >= 0.3 is 11.9 Å². The van der Waals surface area contributed by atoms with Gasteiger partial charge in [-0.25, -0.2) is 9.78 Å². The van der Waals surface area contributed by atoms with Gasteiger partial charge in [0.2, 0.25) is 0 Å². The number of hydrogen-bond donors (Lipinski definition) is 0. The monoisotopic (exact) mass is 412 g/mol. The van der Waals surface area contributed by atoms with Crippen LogP contribution >= 0.6 is 11.3 Å². The smallest absolute Gasteiger partial charge is 0.336 e. The fraction of sp³-hybridized carbons (Fsp3) is 0.364. The summed E-state index contributed by atoms with van der Waals surface area (Å²) in [5.41, 5.74) is 4.28. The number of benzene rings is 1. The van der Waals surface area contributed by atoms with Gasteiger partial charge in [-0.1, -0.05) is 18.2 Å². The molecule has 0 spiro atoms. The molecule has 1 aromatic heterocycles. The fourth-order valence-electron chi connectivity index (χ4n) is 3.67. The number of carbonyl (C=O) groups excluding carboxylic acids is 2. The summed E-state index contributed by atoms with van der Waals surface area (Å²) in [5.74, 6) is -2.18. The SMILES string of the molecule is COC(=O)C1=C(C)N=C(C)C(C(=O)OC)C1c1cccc(-c2nc(C)c(C)s2)c1. The minimum absolute atomic E-state index is 0.372. The summed E-state index contributed by atoms with van der Waals surface area (Å²) in [6.45, 7) is 7.56. The van der Waals surface area contributed by atoms with Crippen LogP contribution in [0.4, 0.5) is 0 Å². The molecule has 3 rings (SSSR count). The lowest BCUT2D eigenvalue weighted by Gasteiger charge is -2.31. The zero-order valence-electron chi connectivity index (χ0n) is 17.4. The van der Waals surface area contributed by atoms with Gasteiger partial charge < -0.3 is 9.47 Å². The van der Waals surface area contributed by atoms with E-state index in [1.54, 1.807) is 25.2 Å². The number of carbonyl (C=O) groups is 2. The van der Waals surface area contributed by atoms with Crippen LogP contribution in [0.1, 0.15) is 35.9 Å². The number of ether oxygens (including phenoxy) is 2. The molecule has 29 heavy (non-hydrogen) atoms. The van der Waals surface area contributed by atoms with Gasteiger partial charge in [-0.3, -0.25) is 9.79 Å². The summed E-state index contributed by atoms with van der Waals surface area (Å²) in [7, 11) is 2.67. The van der Waals surface area contributed by atoms with Gasteiger partial charge in [0.05, 0.1) is 25.5 Å². The third-order valence-electron chi connectivity index (χ3n) is 5.21. The van der Waals surface area contributed by atoms with Crippen molar-refractivity contribution in [3.05, 3.63) is 51.7 Å². The maximum absolute atomic E-state index is 12.6. The Bertz CT molecular complexity index is 1020. The highest BCUT2D eigenvalue weighted by atomic mass is 32.1. The third kappa shape index (κ3) is 3.87. The molecule has 2 aromatic rings. The van der Waals surface area contributed by atoms with Crippen molar-refractivity contribution in [1.29, 1.82) is 0 Å². The van der Waals surface area contributed by atoms with Crippen LogP contribution < -0.4 is 0 Å². The first-order chi connectivity index (χ1) is 13.8. The van der Waals surface area contributed by atoms with Gasteiger partial charge in [-0.2, -0.15) is 0 Å². The van der Waals surface area contributed by atoms with E-state index in [2.05, 4.69) is 9.98 Å². The second-order valence-corrected chi connectivity index (χ2v) is 8.21. The number of methoxy groups -OCH3 is 2. The highest BCUT2D eigenvalue weighted by Gasteiger charge is 2.42. The molecule has 2 heterocycles. The van der Waals surface area contributed by atoms with Crippen molar-refractivity contribution in [2.24, 2.45) is 10.9 Å². The summed E-state index contributed by atoms with van der Waals surface area (Å²) >= 11 is 1.62. The van der Waals surface area contributed by atoms with E-state index in [4.69, 9.17) is 9.47 Å². The van der Waals surface area contributed by atoms with E-state index in [1.165, 1.54) is 14.2 Å². The zero-order chi connectivity index (χ0) is 21.3. The lowest BCUT2D eigenvalue weighted by molar-refractivity contribution is -0.143. The Balaban J connectivity index is 2.18. The van der Waals surface area contributed by atoms with Crippen LogP contribution in [-0.4, -0.2) is 36.9 Å². The lowest BCUT2D eigenvalue weighted by atomic mass is 9.75. The topological polar surface area (TPSA) is 77.8 Å². The Kier molecular flexibility index (Phi) is 5.98. The summed E-state index contributed by atoms with van der Waals surface area (Å²) < 4.78 is 10.1. The molecule has 0 radical (unpaired) electrons. The molecular formula is C22H24N2O4S.